The minimum absolute atomic E-state index is 0.0255. The zero-order chi connectivity index (χ0) is 13.8. The quantitative estimate of drug-likeness (QED) is 0.505. The summed E-state index contributed by atoms with van der Waals surface area (Å²) in [6, 6.07) is 7.00. The normalized spacial score (nSPS) is 12.1. The van der Waals surface area contributed by atoms with Gasteiger partial charge in [0.25, 0.3) is 5.69 Å². The lowest BCUT2D eigenvalue weighted by Crippen LogP contribution is -2.14. The molecule has 0 aliphatic carbocycles. The van der Waals surface area contributed by atoms with E-state index >= 15 is 0 Å². The Labute approximate surface area is 111 Å². The smallest absolute Gasteiger partial charge is 0.295 e. The summed E-state index contributed by atoms with van der Waals surface area (Å²) in [5, 5.41) is 15.1. The molecule has 2 rings (SSSR count). The van der Waals surface area contributed by atoms with Gasteiger partial charge in [-0.05, 0) is 19.4 Å². The lowest BCUT2D eigenvalue weighted by molar-refractivity contribution is -0.383. The van der Waals surface area contributed by atoms with Crippen molar-refractivity contribution in [3.8, 4) is 0 Å². The van der Waals surface area contributed by atoms with Crippen molar-refractivity contribution in [1.29, 1.82) is 0 Å². The zero-order valence-electron chi connectivity index (χ0n) is 10.7. The number of hydrogen-bond donors (Lipinski definition) is 1. The van der Waals surface area contributed by atoms with Crippen molar-refractivity contribution in [1.82, 2.24) is 4.98 Å². The number of anilines is 1. The number of nitro benzene ring substituents is 1. The van der Waals surface area contributed by atoms with Crippen molar-refractivity contribution in [2.45, 2.75) is 19.4 Å². The second kappa shape index (κ2) is 5.48. The number of pyridine rings is 1. The van der Waals surface area contributed by atoms with Gasteiger partial charge in [-0.2, -0.15) is 0 Å². The summed E-state index contributed by atoms with van der Waals surface area (Å²) in [4.78, 5) is 14.7. The first-order chi connectivity index (χ1) is 9.13. The van der Waals surface area contributed by atoms with Crippen molar-refractivity contribution >= 4 is 22.3 Å². The zero-order valence-corrected chi connectivity index (χ0v) is 10.7. The maximum Gasteiger partial charge on any atom is 0.295 e. The fourth-order valence-corrected chi connectivity index (χ4v) is 2.01. The van der Waals surface area contributed by atoms with Crippen molar-refractivity contribution in [3.63, 3.8) is 0 Å². The maximum absolute atomic E-state index is 11.0. The Kier molecular flexibility index (Phi) is 3.75. The molecule has 1 aromatic heterocycles. The Balaban J connectivity index is 2.49. The summed E-state index contributed by atoms with van der Waals surface area (Å²) < 4.78 is 0. The predicted molar refractivity (Wildman–Crippen MR) is 76.3 cm³/mol. The van der Waals surface area contributed by atoms with Crippen LogP contribution in [0.25, 0.3) is 10.9 Å². The van der Waals surface area contributed by atoms with Crippen LogP contribution in [0.4, 0.5) is 11.4 Å². The third-order valence-corrected chi connectivity index (χ3v) is 2.87. The van der Waals surface area contributed by atoms with Crippen LogP contribution in [0.15, 0.2) is 43.1 Å². The van der Waals surface area contributed by atoms with Gasteiger partial charge in [0.2, 0.25) is 0 Å². The third-order valence-electron chi connectivity index (χ3n) is 2.87. The maximum atomic E-state index is 11.0. The van der Waals surface area contributed by atoms with Crippen molar-refractivity contribution in [2.75, 3.05) is 5.32 Å². The first-order valence-electron chi connectivity index (χ1n) is 6.03. The molecule has 0 amide bonds. The van der Waals surface area contributed by atoms with Gasteiger partial charge in [-0.1, -0.05) is 18.2 Å². The number of aromatic nitrogens is 1. The lowest BCUT2D eigenvalue weighted by atomic mass is 10.1. The molecule has 1 N–H and O–H groups in total. The Hall–Kier alpha value is -2.43. The molecule has 98 valence electrons. The van der Waals surface area contributed by atoms with Gasteiger partial charge in [0.05, 0.1) is 4.92 Å². The SMILES string of the molecule is C=CCC(C)Nc1ccnc2c([N+](=O)[O-])cccc12. The number of benzene rings is 1. The fourth-order valence-electron chi connectivity index (χ4n) is 2.01. The monoisotopic (exact) mass is 257 g/mol. The number of para-hydroxylation sites is 1. The molecule has 0 spiro atoms. The van der Waals surface area contributed by atoms with Crippen LogP contribution in [0, 0.1) is 10.1 Å². The number of non-ortho nitro benzene ring substituents is 1. The lowest BCUT2D eigenvalue weighted by Gasteiger charge is -2.14. The Bertz CT molecular complexity index is 625. The van der Waals surface area contributed by atoms with E-state index in [0.29, 0.717) is 5.52 Å². The molecule has 0 bridgehead atoms. The summed E-state index contributed by atoms with van der Waals surface area (Å²) in [6.45, 7) is 5.73. The summed E-state index contributed by atoms with van der Waals surface area (Å²) in [6.07, 6.45) is 4.24. The molecule has 0 aliphatic heterocycles. The molecule has 19 heavy (non-hydrogen) atoms. The van der Waals surface area contributed by atoms with Crippen molar-refractivity contribution < 1.29 is 4.92 Å². The van der Waals surface area contributed by atoms with E-state index in [4.69, 9.17) is 0 Å². The van der Waals surface area contributed by atoms with Gasteiger partial charge in [-0.3, -0.25) is 10.1 Å². The summed E-state index contributed by atoms with van der Waals surface area (Å²) in [5.74, 6) is 0. The summed E-state index contributed by atoms with van der Waals surface area (Å²) in [5.41, 5.74) is 1.28. The number of nitrogens with zero attached hydrogens (tertiary/aromatic N) is 2. The third kappa shape index (κ3) is 2.70. The first-order valence-corrected chi connectivity index (χ1v) is 6.03. The molecular formula is C14H15N3O2. The average molecular weight is 257 g/mol. The standard InChI is InChI=1S/C14H15N3O2/c1-3-5-10(2)16-12-8-9-15-14-11(12)6-4-7-13(14)17(18)19/h3-4,6-10H,1,5H2,2H3,(H,15,16). The molecule has 1 heterocycles. The molecule has 0 fully saturated rings. The fraction of sp³-hybridized carbons (Fsp3) is 0.214. The molecule has 0 radical (unpaired) electrons. The van der Waals surface area contributed by atoms with Crippen LogP contribution in [-0.2, 0) is 0 Å². The summed E-state index contributed by atoms with van der Waals surface area (Å²) >= 11 is 0. The van der Waals surface area contributed by atoms with Crippen LogP contribution in [0.2, 0.25) is 0 Å². The van der Waals surface area contributed by atoms with Crippen LogP contribution in [0.1, 0.15) is 13.3 Å². The van der Waals surface area contributed by atoms with E-state index in [1.54, 1.807) is 12.3 Å². The van der Waals surface area contributed by atoms with E-state index in [2.05, 4.69) is 16.9 Å². The van der Waals surface area contributed by atoms with Crippen molar-refractivity contribution in [3.05, 3.63) is 53.2 Å². The highest BCUT2D eigenvalue weighted by Gasteiger charge is 2.14. The highest BCUT2D eigenvalue weighted by atomic mass is 16.6. The largest absolute Gasteiger partial charge is 0.382 e. The molecule has 1 unspecified atom stereocenters. The minimum atomic E-state index is -0.410. The van der Waals surface area contributed by atoms with Gasteiger partial charge in [-0.15, -0.1) is 6.58 Å². The second-order valence-electron chi connectivity index (χ2n) is 4.36. The molecular weight excluding hydrogens is 242 g/mol. The number of hydrogen-bond acceptors (Lipinski definition) is 4. The predicted octanol–water partition coefficient (Wildman–Crippen LogP) is 3.52. The number of nitro groups is 1. The van der Waals surface area contributed by atoms with Gasteiger partial charge in [0, 0.05) is 29.4 Å². The van der Waals surface area contributed by atoms with Crippen LogP contribution < -0.4 is 5.32 Å². The summed E-state index contributed by atoms with van der Waals surface area (Å²) in [7, 11) is 0. The van der Waals surface area contributed by atoms with Gasteiger partial charge in [-0.25, -0.2) is 4.98 Å². The molecule has 2 aromatic rings. The molecule has 0 saturated carbocycles. The highest BCUT2D eigenvalue weighted by Crippen LogP contribution is 2.28. The highest BCUT2D eigenvalue weighted by molar-refractivity contribution is 5.96. The number of nitrogens with one attached hydrogen (secondary N) is 1. The van der Waals surface area contributed by atoms with Gasteiger partial charge < -0.3 is 5.32 Å². The second-order valence-corrected chi connectivity index (χ2v) is 4.36. The van der Waals surface area contributed by atoms with E-state index < -0.39 is 4.92 Å². The minimum Gasteiger partial charge on any atom is -0.382 e. The molecule has 0 aliphatic rings. The number of rotatable bonds is 5. The van der Waals surface area contributed by atoms with E-state index in [9.17, 15) is 10.1 Å². The van der Waals surface area contributed by atoms with E-state index in [1.165, 1.54) is 6.07 Å². The molecule has 1 atom stereocenters. The van der Waals surface area contributed by atoms with Gasteiger partial charge in [0.15, 0.2) is 0 Å². The Morgan fingerprint density at radius 1 is 1.53 bits per heavy atom. The number of fused-ring (bicyclic) bond motifs is 1. The van der Waals surface area contributed by atoms with Gasteiger partial charge in [0.1, 0.15) is 5.52 Å². The van der Waals surface area contributed by atoms with Crippen LogP contribution in [-0.4, -0.2) is 15.9 Å². The Morgan fingerprint density at radius 3 is 3.00 bits per heavy atom. The molecule has 5 heteroatoms. The topological polar surface area (TPSA) is 68.1 Å². The van der Waals surface area contributed by atoms with Crippen LogP contribution in [0.5, 0.6) is 0 Å². The molecule has 1 aromatic carbocycles. The first kappa shape index (κ1) is 13.0. The van der Waals surface area contributed by atoms with E-state index in [1.807, 2.05) is 25.1 Å². The van der Waals surface area contributed by atoms with Crippen LogP contribution >= 0.6 is 0 Å². The van der Waals surface area contributed by atoms with Crippen molar-refractivity contribution in [2.24, 2.45) is 0 Å². The van der Waals surface area contributed by atoms with Crippen LogP contribution in [0.3, 0.4) is 0 Å². The van der Waals surface area contributed by atoms with Gasteiger partial charge >= 0.3 is 0 Å². The molecule has 5 nitrogen and oxygen atoms in total. The molecule has 0 saturated heterocycles. The van der Waals surface area contributed by atoms with E-state index in [0.717, 1.165) is 17.5 Å². The average Bonchev–Trinajstić information content (AvgIpc) is 2.38. The Morgan fingerprint density at radius 2 is 2.32 bits per heavy atom. The van der Waals surface area contributed by atoms with E-state index in [-0.39, 0.29) is 11.7 Å².